The minimum Gasteiger partial charge on any atom is -0.496 e. The highest BCUT2D eigenvalue weighted by Gasteiger charge is 2.14. The Kier molecular flexibility index (Phi) is 4.17. The lowest BCUT2D eigenvalue weighted by molar-refractivity contribution is 0.415. The third kappa shape index (κ3) is 3.17. The maximum absolute atomic E-state index is 14.0. The number of oxazole rings is 1. The smallest absolute Gasteiger partial charge is 0.248 e. The highest BCUT2D eigenvalue weighted by atomic mass is 19.1. The highest BCUT2D eigenvalue weighted by Crippen LogP contribution is 2.33. The maximum Gasteiger partial charge on any atom is 0.248 e. The summed E-state index contributed by atoms with van der Waals surface area (Å²) in [7, 11) is 1.56. The number of benzene rings is 2. The van der Waals surface area contributed by atoms with E-state index in [1.807, 2.05) is 6.07 Å². The number of nitrogens with one attached hydrogen (secondary N) is 1. The van der Waals surface area contributed by atoms with Crippen LogP contribution in [0.2, 0.25) is 0 Å². The molecule has 0 aliphatic carbocycles. The molecule has 0 fully saturated rings. The Morgan fingerprint density at radius 1 is 1.22 bits per heavy atom. The van der Waals surface area contributed by atoms with Crippen molar-refractivity contribution in [3.05, 3.63) is 60.9 Å². The lowest BCUT2D eigenvalue weighted by atomic mass is 10.1. The van der Waals surface area contributed by atoms with E-state index < -0.39 is 5.82 Å². The number of hydrogen-bond acceptors (Lipinski definition) is 7. The van der Waals surface area contributed by atoms with Crippen molar-refractivity contribution in [3.8, 4) is 22.8 Å². The summed E-state index contributed by atoms with van der Waals surface area (Å²) in [6.07, 6.45) is 2.95. The lowest BCUT2D eigenvalue weighted by Crippen LogP contribution is -2.04. The van der Waals surface area contributed by atoms with Gasteiger partial charge in [-0.25, -0.2) is 9.37 Å². The Labute approximate surface area is 153 Å². The van der Waals surface area contributed by atoms with Gasteiger partial charge in [-0.05, 0) is 24.3 Å². The van der Waals surface area contributed by atoms with Crippen LogP contribution in [0.4, 0.5) is 22.0 Å². The molecule has 0 saturated carbocycles. The Balaban J connectivity index is 1.63. The average Bonchev–Trinajstić information content (AvgIpc) is 3.32. The van der Waals surface area contributed by atoms with Gasteiger partial charge in [-0.1, -0.05) is 12.1 Å². The molecule has 0 atom stereocenters. The molecule has 0 aliphatic rings. The fraction of sp³-hybridized carbons (Fsp3) is 0.0556. The van der Waals surface area contributed by atoms with Crippen LogP contribution in [0.3, 0.4) is 0 Å². The number of para-hydroxylation sites is 1. The lowest BCUT2D eigenvalue weighted by Gasteiger charge is -2.09. The molecule has 8 nitrogen and oxygen atoms in total. The van der Waals surface area contributed by atoms with Crippen LogP contribution < -0.4 is 15.8 Å². The van der Waals surface area contributed by atoms with Crippen molar-refractivity contribution in [1.29, 1.82) is 0 Å². The quantitative estimate of drug-likeness (QED) is 0.558. The van der Waals surface area contributed by atoms with Crippen molar-refractivity contribution in [1.82, 2.24) is 19.7 Å². The normalized spacial score (nSPS) is 10.7. The summed E-state index contributed by atoms with van der Waals surface area (Å²) in [6.45, 7) is 0. The number of rotatable bonds is 5. The monoisotopic (exact) mass is 366 g/mol. The van der Waals surface area contributed by atoms with Crippen molar-refractivity contribution in [2.45, 2.75) is 0 Å². The minimum atomic E-state index is -0.446. The van der Waals surface area contributed by atoms with Gasteiger partial charge in [0.05, 0.1) is 18.9 Å². The summed E-state index contributed by atoms with van der Waals surface area (Å²) >= 11 is 0. The van der Waals surface area contributed by atoms with E-state index in [9.17, 15) is 4.39 Å². The summed E-state index contributed by atoms with van der Waals surface area (Å²) in [6, 6.07) is 11.6. The first-order valence-corrected chi connectivity index (χ1v) is 7.97. The summed E-state index contributed by atoms with van der Waals surface area (Å²) in [4.78, 5) is 8.04. The number of halogens is 1. The van der Waals surface area contributed by atoms with Crippen LogP contribution in [0, 0.1) is 5.82 Å². The van der Waals surface area contributed by atoms with Crippen LogP contribution in [0.15, 0.2) is 59.5 Å². The van der Waals surface area contributed by atoms with Gasteiger partial charge in [0.25, 0.3) is 0 Å². The number of anilines is 3. The summed E-state index contributed by atoms with van der Waals surface area (Å²) in [5.41, 5.74) is 7.52. The van der Waals surface area contributed by atoms with E-state index in [4.69, 9.17) is 14.9 Å². The van der Waals surface area contributed by atoms with Crippen molar-refractivity contribution in [3.63, 3.8) is 0 Å². The van der Waals surface area contributed by atoms with Gasteiger partial charge in [0.1, 0.15) is 17.3 Å². The van der Waals surface area contributed by atoms with E-state index in [0.717, 1.165) is 5.56 Å². The van der Waals surface area contributed by atoms with Crippen LogP contribution in [0.5, 0.6) is 5.75 Å². The number of nitrogens with two attached hydrogens (primary N) is 1. The molecular weight excluding hydrogens is 351 g/mol. The number of nitrogen functional groups attached to an aromatic ring is 1. The maximum atomic E-state index is 14.0. The zero-order valence-electron chi connectivity index (χ0n) is 14.3. The van der Waals surface area contributed by atoms with Gasteiger partial charge in [-0.2, -0.15) is 9.67 Å². The van der Waals surface area contributed by atoms with Gasteiger partial charge in [-0.3, -0.25) is 0 Å². The van der Waals surface area contributed by atoms with Crippen LogP contribution in [0.25, 0.3) is 17.0 Å². The Morgan fingerprint density at radius 3 is 2.81 bits per heavy atom. The first-order chi connectivity index (χ1) is 13.2. The Morgan fingerprint density at radius 2 is 2.07 bits per heavy atom. The second kappa shape index (κ2) is 6.79. The molecule has 0 bridgehead atoms. The van der Waals surface area contributed by atoms with Gasteiger partial charge in [-0.15, -0.1) is 5.10 Å². The molecule has 0 saturated heterocycles. The number of hydrogen-bond donors (Lipinski definition) is 2. The van der Waals surface area contributed by atoms with Crippen molar-refractivity contribution in [2.75, 3.05) is 18.2 Å². The van der Waals surface area contributed by atoms with Crippen LogP contribution in [-0.2, 0) is 0 Å². The van der Waals surface area contributed by atoms with Gasteiger partial charge < -0.3 is 20.2 Å². The first-order valence-electron chi connectivity index (χ1n) is 7.97. The second-order valence-electron chi connectivity index (χ2n) is 5.56. The van der Waals surface area contributed by atoms with E-state index in [2.05, 4.69) is 20.4 Å². The zero-order valence-corrected chi connectivity index (χ0v) is 14.3. The number of aromatic nitrogens is 4. The molecule has 3 N–H and O–H groups in total. The fourth-order valence-corrected chi connectivity index (χ4v) is 2.63. The fourth-order valence-electron chi connectivity index (χ4n) is 2.63. The molecule has 0 aliphatic heterocycles. The minimum absolute atomic E-state index is 0.0628. The third-order valence-corrected chi connectivity index (χ3v) is 3.87. The molecule has 0 amide bonds. The molecule has 4 rings (SSSR count). The van der Waals surface area contributed by atoms with E-state index in [-0.39, 0.29) is 17.6 Å². The summed E-state index contributed by atoms with van der Waals surface area (Å²) in [5.74, 6) is 1.01. The number of nitrogens with zero attached hydrogens (tertiary/aromatic N) is 4. The van der Waals surface area contributed by atoms with Gasteiger partial charge in [0, 0.05) is 11.8 Å². The van der Waals surface area contributed by atoms with E-state index in [1.165, 1.54) is 17.1 Å². The zero-order chi connectivity index (χ0) is 18.8. The standard InChI is InChI=1S/C18H15FN6O2/c1-26-15-8-11(6-7-12(15)16-9-21-10-27-16)22-18-23-17(20)25(24-18)14-5-3-2-4-13(14)19/h2-10H,1H3,(H3,20,22,23,24). The molecular formula is C18H15FN6O2. The molecule has 0 radical (unpaired) electrons. The molecule has 0 unspecified atom stereocenters. The largest absolute Gasteiger partial charge is 0.496 e. The van der Waals surface area contributed by atoms with Crippen molar-refractivity contribution >= 4 is 17.6 Å². The Hall–Kier alpha value is -3.88. The van der Waals surface area contributed by atoms with E-state index in [0.29, 0.717) is 17.2 Å². The highest BCUT2D eigenvalue weighted by molar-refractivity contribution is 5.70. The SMILES string of the molecule is COc1cc(Nc2nc(N)n(-c3ccccc3F)n2)ccc1-c1cnco1. The molecule has 136 valence electrons. The number of ether oxygens (including phenoxy) is 1. The third-order valence-electron chi connectivity index (χ3n) is 3.87. The van der Waals surface area contributed by atoms with Crippen molar-refractivity contribution < 1.29 is 13.5 Å². The van der Waals surface area contributed by atoms with E-state index >= 15 is 0 Å². The molecule has 4 aromatic rings. The van der Waals surface area contributed by atoms with Gasteiger partial charge in [0.15, 0.2) is 12.2 Å². The molecule has 0 spiro atoms. The molecule has 9 heteroatoms. The average molecular weight is 366 g/mol. The predicted molar refractivity (Wildman–Crippen MR) is 97.5 cm³/mol. The Bertz CT molecular complexity index is 1080. The first kappa shape index (κ1) is 16.6. The molecule has 2 aromatic carbocycles. The molecule has 2 heterocycles. The summed E-state index contributed by atoms with van der Waals surface area (Å²) in [5, 5.41) is 7.25. The molecule has 2 aromatic heterocycles. The van der Waals surface area contributed by atoms with Crippen LogP contribution in [-0.4, -0.2) is 26.9 Å². The van der Waals surface area contributed by atoms with Crippen molar-refractivity contribution in [2.24, 2.45) is 0 Å². The summed E-state index contributed by atoms with van der Waals surface area (Å²) < 4.78 is 25.9. The van der Waals surface area contributed by atoms with Gasteiger partial charge in [0.2, 0.25) is 11.9 Å². The second-order valence-corrected chi connectivity index (χ2v) is 5.56. The van der Waals surface area contributed by atoms with Crippen LogP contribution in [0.1, 0.15) is 0 Å². The molecule has 27 heavy (non-hydrogen) atoms. The topological polar surface area (TPSA) is 104 Å². The van der Waals surface area contributed by atoms with Gasteiger partial charge >= 0.3 is 0 Å². The van der Waals surface area contributed by atoms with Crippen LogP contribution >= 0.6 is 0 Å². The predicted octanol–water partition coefficient (Wildman–Crippen LogP) is 3.40. The van der Waals surface area contributed by atoms with E-state index in [1.54, 1.807) is 43.6 Å². The number of methoxy groups -OCH3 is 1.